The number of nitrogens with zero attached hydrogens (tertiary/aromatic N) is 7. The van der Waals surface area contributed by atoms with E-state index < -0.39 is 15.1 Å². The molecule has 6 heterocycles. The van der Waals surface area contributed by atoms with Crippen LogP contribution in [-0.2, 0) is 0 Å². The number of rotatable bonds is 14. The van der Waals surface area contributed by atoms with Crippen LogP contribution in [0.5, 0.6) is 17.2 Å². The van der Waals surface area contributed by atoms with Gasteiger partial charge in [0.05, 0.1) is 22.1 Å². The standard InChI is InChI=1S/C50H34N2.C24H16N2.3C9H7NO.Al/c1-5-17-35(18-6-1)49-42-26-13-14-27-43(42)50(36-19-7-2-8-20-36)46-34-39(29-31-44(46)49)51(37-21-9-3-10-22-37)40-30-32-48-45(33-40)41-25-15-16-28-47(41)52(48)38-23-11-4-12-24-38;1-3-7-17(8-4-1)19-13-15-25-23-21(19)11-12-22-20(14-16-26-24(22)23)18-9-5-2-6-10-18;3*11-8-5-1-3-7-4-2-6-10-9(7)8;/h1-34H;1-16H;3*1-6,11H;/q;;;;;+3/p-3. The van der Waals surface area contributed by atoms with Gasteiger partial charge in [-0.2, -0.15) is 0 Å². The summed E-state index contributed by atoms with van der Waals surface area (Å²) in [5, 5.41) is 12.6. The lowest BCUT2D eigenvalue weighted by molar-refractivity contribution is 0.311. The van der Waals surface area contributed by atoms with Crippen LogP contribution in [0.2, 0.25) is 0 Å². The fourth-order valence-electron chi connectivity index (χ4n) is 15.6. The lowest BCUT2D eigenvalue weighted by Crippen LogP contribution is -2.37. The van der Waals surface area contributed by atoms with Crippen LogP contribution in [0.15, 0.2) is 413 Å². The van der Waals surface area contributed by atoms with Crippen LogP contribution in [-0.4, -0.2) is 44.6 Å². The van der Waals surface area contributed by atoms with E-state index in [1.165, 1.54) is 87.9 Å². The minimum atomic E-state index is -2.86. The number of hydrogen-bond donors (Lipinski definition) is 0. The van der Waals surface area contributed by atoms with Crippen LogP contribution in [0.3, 0.4) is 0 Å². The van der Waals surface area contributed by atoms with E-state index >= 15 is 0 Å². The first kappa shape index (κ1) is 68.0. The largest absolute Gasteiger partial charge is 1.20 e. The Morgan fingerprint density at radius 2 is 0.589 bits per heavy atom. The Kier molecular flexibility index (Phi) is 18.6. The van der Waals surface area contributed by atoms with Gasteiger partial charge in [-0.3, -0.25) is 24.9 Å². The topological polar surface area (TPSA) is 100 Å². The molecule has 10 nitrogen and oxygen atoms in total. The molecule has 0 bridgehead atoms. The summed E-state index contributed by atoms with van der Waals surface area (Å²) in [4.78, 5) is 25.3. The highest BCUT2D eigenvalue weighted by Crippen LogP contribution is 2.48. The highest BCUT2D eigenvalue weighted by Gasteiger charge is 2.46. The molecule has 528 valence electrons. The van der Waals surface area contributed by atoms with E-state index in [9.17, 15) is 0 Å². The summed E-state index contributed by atoms with van der Waals surface area (Å²) in [7, 11) is 0. The van der Waals surface area contributed by atoms with Crippen molar-refractivity contribution < 1.29 is 11.4 Å². The molecule has 0 aliphatic rings. The number of aromatic nitrogens is 6. The van der Waals surface area contributed by atoms with E-state index in [1.54, 1.807) is 18.6 Å². The van der Waals surface area contributed by atoms with Crippen LogP contribution < -0.4 is 16.3 Å². The number of hydrogen-bond acceptors (Lipinski definition) is 9. The number of anilines is 3. The van der Waals surface area contributed by atoms with Crippen LogP contribution in [0.25, 0.3) is 148 Å². The van der Waals surface area contributed by atoms with Crippen LogP contribution in [0.1, 0.15) is 0 Å². The molecule has 0 saturated heterocycles. The molecular formula is C101H68AlN7O3. The van der Waals surface area contributed by atoms with Crippen LogP contribution in [0.4, 0.5) is 17.1 Å². The molecule has 0 N–H and O–H groups in total. The van der Waals surface area contributed by atoms with Crippen molar-refractivity contribution in [2.45, 2.75) is 0 Å². The van der Waals surface area contributed by atoms with Gasteiger partial charge in [-0.05, 0) is 175 Å². The summed E-state index contributed by atoms with van der Waals surface area (Å²) in [5.74, 6) is 1.82. The molecule has 0 aliphatic carbocycles. The van der Waals surface area contributed by atoms with Crippen molar-refractivity contribution >= 4 is 130 Å². The summed E-state index contributed by atoms with van der Waals surface area (Å²) >= 11 is -2.86. The predicted octanol–water partition coefficient (Wildman–Crippen LogP) is 25.9. The van der Waals surface area contributed by atoms with Gasteiger partial charge >= 0.3 is 15.1 Å². The zero-order chi connectivity index (χ0) is 74.5. The van der Waals surface area contributed by atoms with E-state index in [-0.39, 0.29) is 0 Å². The fraction of sp³-hybridized carbons (Fsp3) is 0. The van der Waals surface area contributed by atoms with Gasteiger partial charge in [-0.1, -0.05) is 273 Å². The molecule has 15 aromatic carbocycles. The Balaban J connectivity index is 0.000000121. The maximum atomic E-state index is 6.41. The molecule has 0 atom stereocenters. The van der Waals surface area contributed by atoms with Crippen molar-refractivity contribution in [3.05, 3.63) is 413 Å². The number of pyridine rings is 5. The number of benzene rings is 15. The Morgan fingerprint density at radius 1 is 0.232 bits per heavy atom. The average Bonchev–Trinajstić information content (AvgIpc) is 1.35. The minimum absolute atomic E-state index is 0.608. The van der Waals surface area contributed by atoms with Crippen molar-refractivity contribution in [2.24, 2.45) is 0 Å². The van der Waals surface area contributed by atoms with E-state index in [1.807, 2.05) is 116 Å². The zero-order valence-electron chi connectivity index (χ0n) is 60.7. The highest BCUT2D eigenvalue weighted by molar-refractivity contribution is 6.40. The van der Waals surface area contributed by atoms with Crippen molar-refractivity contribution in [1.29, 1.82) is 0 Å². The molecule has 0 unspecified atom stereocenters. The normalized spacial score (nSPS) is 11.2. The summed E-state index contributed by atoms with van der Waals surface area (Å²) < 4.78 is 21.6. The summed E-state index contributed by atoms with van der Waals surface area (Å²) in [6, 6.07) is 133. The molecule has 0 radical (unpaired) electrons. The highest BCUT2D eigenvalue weighted by atomic mass is 27.3. The molecule has 11 heteroatoms. The van der Waals surface area contributed by atoms with E-state index in [4.69, 9.17) is 11.4 Å². The molecule has 6 aromatic heterocycles. The van der Waals surface area contributed by atoms with Gasteiger partial charge in [0.2, 0.25) is 0 Å². The van der Waals surface area contributed by atoms with Gasteiger partial charge in [-0.25, -0.2) is 0 Å². The molecule has 0 aliphatic heterocycles. The third-order valence-corrected chi connectivity index (χ3v) is 21.9. The van der Waals surface area contributed by atoms with Gasteiger partial charge in [-0.15, -0.1) is 0 Å². The van der Waals surface area contributed by atoms with Crippen molar-refractivity contribution in [2.75, 3.05) is 4.90 Å². The summed E-state index contributed by atoms with van der Waals surface area (Å²) in [5.41, 5.74) is 20.7. The Hall–Kier alpha value is -14.6. The molecule has 21 aromatic rings. The minimum Gasteiger partial charge on any atom is -0.576 e. The molecule has 0 amide bonds. The average molecular weight is 1450 g/mol. The second-order valence-electron chi connectivity index (χ2n) is 27.3. The number of fused-ring (bicyclic) bond motifs is 11. The monoisotopic (exact) mass is 1450 g/mol. The Bertz CT molecular complexity index is 6700. The summed E-state index contributed by atoms with van der Waals surface area (Å²) in [6.07, 6.45) is 8.99. The third-order valence-electron chi connectivity index (χ3n) is 20.6. The number of para-hydroxylation sites is 6. The second kappa shape index (κ2) is 30.6. The van der Waals surface area contributed by atoms with E-state index in [2.05, 4.69) is 313 Å². The molecule has 0 fully saturated rings. The van der Waals surface area contributed by atoms with Gasteiger partial charge in [0.15, 0.2) is 0 Å². The first-order chi connectivity index (χ1) is 55.6. The maximum absolute atomic E-state index is 6.41. The van der Waals surface area contributed by atoms with Crippen molar-refractivity contribution in [3.63, 3.8) is 0 Å². The predicted molar refractivity (Wildman–Crippen MR) is 462 cm³/mol. The smallest absolute Gasteiger partial charge is 0.576 e. The van der Waals surface area contributed by atoms with Gasteiger partial charge < -0.3 is 20.8 Å². The molecule has 0 spiro atoms. The van der Waals surface area contributed by atoms with E-state index in [0.717, 1.165) is 77.3 Å². The Labute approximate surface area is 652 Å². The third kappa shape index (κ3) is 13.2. The lowest BCUT2D eigenvalue weighted by atomic mass is 9.85. The SMILES string of the molecule is c1ccc(-c2c3ccccc3c(-c3ccccc3)c3cc(N(c4ccccc4)c4ccc5c(c4)c4ccccc4n5-c4ccccc4)ccc23)cc1.c1ccc(-c2ccnc3c2ccc2c(-c4ccccc4)ccnc23)cc1.c1cnc2c([O][Al]([O]c3cccc4cccnc34)[O]c3cccc4cccnc34)cccc2c1. The molecule has 0 saturated carbocycles. The first-order valence-corrected chi connectivity index (χ1v) is 38.8. The first-order valence-electron chi connectivity index (χ1n) is 37.4. The van der Waals surface area contributed by atoms with Crippen LogP contribution >= 0.6 is 0 Å². The van der Waals surface area contributed by atoms with Crippen molar-refractivity contribution in [1.82, 2.24) is 29.5 Å². The molecular weight excluding hydrogens is 1390 g/mol. The Morgan fingerprint density at radius 3 is 1.07 bits per heavy atom. The summed E-state index contributed by atoms with van der Waals surface area (Å²) in [6.45, 7) is 0. The maximum Gasteiger partial charge on any atom is 1.20 e. The van der Waals surface area contributed by atoms with Gasteiger partial charge in [0, 0.05) is 91.4 Å². The van der Waals surface area contributed by atoms with Gasteiger partial charge in [0.25, 0.3) is 0 Å². The van der Waals surface area contributed by atoms with Crippen molar-refractivity contribution in [3.8, 4) is 67.4 Å². The zero-order valence-corrected chi connectivity index (χ0v) is 61.8. The lowest BCUT2D eigenvalue weighted by Gasteiger charge is -2.27. The molecule has 21 rings (SSSR count). The van der Waals surface area contributed by atoms with Crippen LogP contribution in [0, 0.1) is 0 Å². The van der Waals surface area contributed by atoms with E-state index in [0.29, 0.717) is 17.2 Å². The molecule has 112 heavy (non-hydrogen) atoms. The van der Waals surface area contributed by atoms with Gasteiger partial charge in [0.1, 0.15) is 33.8 Å². The second-order valence-corrected chi connectivity index (χ2v) is 28.5. The fourth-order valence-corrected chi connectivity index (χ4v) is 16.9. The quantitative estimate of drug-likeness (QED) is 0.0599.